The molecule has 1 rings (SSSR count). The standard InChI is InChI=1S/C6H11O/c1-3-6(7)4-5(6)2/h5H,3-4H2,1-2H3. The molecular weight excluding hydrogens is 88.1 g/mol. The van der Waals surface area contributed by atoms with Crippen molar-refractivity contribution in [2.24, 2.45) is 5.92 Å². The van der Waals surface area contributed by atoms with Crippen molar-refractivity contribution in [3.05, 3.63) is 0 Å². The zero-order valence-corrected chi connectivity index (χ0v) is 4.90. The third-order valence-corrected chi connectivity index (χ3v) is 1.99. The molecule has 0 amide bonds. The van der Waals surface area contributed by atoms with Gasteiger partial charge in [-0.25, -0.2) is 5.11 Å². The van der Waals surface area contributed by atoms with Gasteiger partial charge in [0.05, 0.1) is 0 Å². The fourth-order valence-electron chi connectivity index (χ4n) is 0.952. The molecule has 7 heavy (non-hydrogen) atoms. The Morgan fingerprint density at radius 3 is 2.29 bits per heavy atom. The Labute approximate surface area is 44.4 Å². The summed E-state index contributed by atoms with van der Waals surface area (Å²) in [4.78, 5) is 0. The summed E-state index contributed by atoms with van der Waals surface area (Å²) in [6, 6.07) is 0. The summed E-state index contributed by atoms with van der Waals surface area (Å²) in [5, 5.41) is 10.9. The van der Waals surface area contributed by atoms with E-state index in [1.165, 1.54) is 0 Å². The lowest BCUT2D eigenvalue weighted by Gasteiger charge is -1.96. The molecule has 0 bridgehead atoms. The monoisotopic (exact) mass is 99.1 g/mol. The molecule has 1 heteroatoms. The molecule has 1 aliphatic carbocycles. The molecular formula is C6H11O. The molecule has 1 fully saturated rings. The summed E-state index contributed by atoms with van der Waals surface area (Å²) in [5.41, 5.74) is -0.500. The quantitative estimate of drug-likeness (QED) is 0.476. The topological polar surface area (TPSA) is 19.9 Å². The molecule has 0 aliphatic heterocycles. The second-order valence-electron chi connectivity index (χ2n) is 2.52. The van der Waals surface area contributed by atoms with Gasteiger partial charge < -0.3 is 0 Å². The van der Waals surface area contributed by atoms with Crippen LogP contribution in [0.15, 0.2) is 0 Å². The molecule has 0 spiro atoms. The second-order valence-corrected chi connectivity index (χ2v) is 2.52. The fraction of sp³-hybridized carbons (Fsp3) is 1.00. The third kappa shape index (κ3) is 0.653. The minimum atomic E-state index is -0.500. The van der Waals surface area contributed by atoms with E-state index < -0.39 is 5.60 Å². The maximum Gasteiger partial charge on any atom is 0.106 e. The first-order valence-corrected chi connectivity index (χ1v) is 2.89. The summed E-state index contributed by atoms with van der Waals surface area (Å²) >= 11 is 0. The maximum atomic E-state index is 10.9. The molecule has 2 unspecified atom stereocenters. The number of rotatable bonds is 1. The predicted octanol–water partition coefficient (Wildman–Crippen LogP) is 1.61. The molecule has 41 valence electrons. The first-order chi connectivity index (χ1) is 3.19. The SMILES string of the molecule is CCC1([O])CC1C. The average Bonchev–Trinajstić information content (AvgIpc) is 2.18. The summed E-state index contributed by atoms with van der Waals surface area (Å²) in [6.45, 7) is 3.99. The number of hydrogen-bond donors (Lipinski definition) is 0. The maximum absolute atomic E-state index is 10.9. The Morgan fingerprint density at radius 2 is 2.29 bits per heavy atom. The van der Waals surface area contributed by atoms with Gasteiger partial charge in [0.2, 0.25) is 0 Å². The molecule has 1 saturated carbocycles. The van der Waals surface area contributed by atoms with Gasteiger partial charge in [-0.2, -0.15) is 0 Å². The van der Waals surface area contributed by atoms with Crippen molar-refractivity contribution in [3.63, 3.8) is 0 Å². The Balaban J connectivity index is 2.36. The first-order valence-electron chi connectivity index (χ1n) is 2.89. The molecule has 2 atom stereocenters. The van der Waals surface area contributed by atoms with Crippen LogP contribution < -0.4 is 0 Å². The molecule has 0 aromatic carbocycles. The minimum absolute atomic E-state index is 0.456. The minimum Gasteiger partial charge on any atom is -0.229 e. The van der Waals surface area contributed by atoms with Crippen molar-refractivity contribution in [1.29, 1.82) is 0 Å². The van der Waals surface area contributed by atoms with Crippen LogP contribution in [0.1, 0.15) is 26.7 Å². The van der Waals surface area contributed by atoms with Crippen molar-refractivity contribution in [3.8, 4) is 0 Å². The lowest BCUT2D eigenvalue weighted by molar-refractivity contribution is 0.0482. The van der Waals surface area contributed by atoms with E-state index in [-0.39, 0.29) is 0 Å². The van der Waals surface area contributed by atoms with Crippen LogP contribution in [0.5, 0.6) is 0 Å². The van der Waals surface area contributed by atoms with Crippen LogP contribution in [-0.2, 0) is 5.11 Å². The zero-order valence-electron chi connectivity index (χ0n) is 4.90. The van der Waals surface area contributed by atoms with E-state index in [1.807, 2.05) is 13.8 Å². The van der Waals surface area contributed by atoms with Gasteiger partial charge in [-0.15, -0.1) is 0 Å². The van der Waals surface area contributed by atoms with Gasteiger partial charge in [-0.1, -0.05) is 13.8 Å². The van der Waals surface area contributed by atoms with E-state index in [4.69, 9.17) is 0 Å². The van der Waals surface area contributed by atoms with E-state index in [0.29, 0.717) is 5.92 Å². The van der Waals surface area contributed by atoms with E-state index >= 15 is 0 Å². The zero-order chi connectivity index (χ0) is 5.49. The van der Waals surface area contributed by atoms with Crippen LogP contribution in [0.25, 0.3) is 0 Å². The molecule has 1 nitrogen and oxygen atoms in total. The van der Waals surface area contributed by atoms with Crippen molar-refractivity contribution < 1.29 is 5.11 Å². The molecule has 0 aromatic heterocycles. The predicted molar refractivity (Wildman–Crippen MR) is 27.5 cm³/mol. The molecule has 0 aromatic rings. The summed E-state index contributed by atoms with van der Waals surface area (Å²) in [5.74, 6) is 0.456. The van der Waals surface area contributed by atoms with Gasteiger partial charge in [0.15, 0.2) is 0 Å². The fourth-order valence-corrected chi connectivity index (χ4v) is 0.952. The van der Waals surface area contributed by atoms with Crippen LogP contribution >= 0.6 is 0 Å². The highest BCUT2D eigenvalue weighted by Crippen LogP contribution is 2.45. The van der Waals surface area contributed by atoms with Gasteiger partial charge in [-0.3, -0.25) is 0 Å². The van der Waals surface area contributed by atoms with Gasteiger partial charge in [-0.05, 0) is 18.8 Å². The van der Waals surface area contributed by atoms with Crippen LogP contribution in [0.3, 0.4) is 0 Å². The Kier molecular flexibility index (Phi) is 0.890. The van der Waals surface area contributed by atoms with Crippen LogP contribution in [-0.4, -0.2) is 5.60 Å². The summed E-state index contributed by atoms with van der Waals surface area (Å²) in [7, 11) is 0. The highest BCUT2D eigenvalue weighted by Gasteiger charge is 2.49. The highest BCUT2D eigenvalue weighted by atomic mass is 16.3. The molecule has 1 aliphatic rings. The lowest BCUT2D eigenvalue weighted by atomic mass is 10.2. The van der Waals surface area contributed by atoms with E-state index in [2.05, 4.69) is 0 Å². The lowest BCUT2D eigenvalue weighted by Crippen LogP contribution is -2.03. The normalized spacial score (nSPS) is 49.3. The van der Waals surface area contributed by atoms with E-state index in [9.17, 15) is 5.11 Å². The highest BCUT2D eigenvalue weighted by molar-refractivity contribution is 4.98. The largest absolute Gasteiger partial charge is 0.229 e. The van der Waals surface area contributed by atoms with Crippen molar-refractivity contribution in [1.82, 2.24) is 0 Å². The Bertz CT molecular complexity index is 76.2. The van der Waals surface area contributed by atoms with Crippen LogP contribution in [0, 0.1) is 5.92 Å². The van der Waals surface area contributed by atoms with E-state index in [1.54, 1.807) is 0 Å². The Hall–Kier alpha value is -0.0400. The van der Waals surface area contributed by atoms with Crippen molar-refractivity contribution >= 4 is 0 Å². The molecule has 0 saturated heterocycles. The number of hydrogen-bond acceptors (Lipinski definition) is 0. The average molecular weight is 99.2 g/mol. The summed E-state index contributed by atoms with van der Waals surface area (Å²) < 4.78 is 0. The van der Waals surface area contributed by atoms with Crippen molar-refractivity contribution in [2.75, 3.05) is 0 Å². The van der Waals surface area contributed by atoms with Gasteiger partial charge in [0, 0.05) is 0 Å². The smallest absolute Gasteiger partial charge is 0.106 e. The second kappa shape index (κ2) is 1.22. The third-order valence-electron chi connectivity index (χ3n) is 1.99. The molecule has 0 N–H and O–H groups in total. The van der Waals surface area contributed by atoms with Gasteiger partial charge >= 0.3 is 0 Å². The van der Waals surface area contributed by atoms with Crippen LogP contribution in [0.2, 0.25) is 0 Å². The van der Waals surface area contributed by atoms with E-state index in [0.717, 1.165) is 12.8 Å². The Morgan fingerprint density at radius 1 is 1.86 bits per heavy atom. The molecule has 0 heterocycles. The first kappa shape index (κ1) is 5.10. The van der Waals surface area contributed by atoms with Gasteiger partial charge in [0.1, 0.15) is 5.60 Å². The van der Waals surface area contributed by atoms with Crippen LogP contribution in [0.4, 0.5) is 0 Å². The van der Waals surface area contributed by atoms with Gasteiger partial charge in [0.25, 0.3) is 0 Å². The summed E-state index contributed by atoms with van der Waals surface area (Å²) in [6.07, 6.45) is 1.72. The van der Waals surface area contributed by atoms with Crippen molar-refractivity contribution in [2.45, 2.75) is 32.3 Å². The molecule has 1 radical (unpaired) electrons.